The molecule has 0 aliphatic rings. The molecule has 9 heteroatoms. The number of quaternary nitrogens is 1. The highest BCUT2D eigenvalue weighted by atomic mass is 31.2. The van der Waals surface area contributed by atoms with E-state index in [2.05, 4.69) is 31.3 Å². The average Bonchev–Trinajstić information content (AvgIpc) is 3.25. The van der Waals surface area contributed by atoms with Gasteiger partial charge >= 0.3 is 0 Å². The number of unbranched alkanes of at least 4 members (excludes halogenated alkanes) is 36. The molecule has 3 atom stereocenters. The highest BCUT2D eigenvalue weighted by Crippen LogP contribution is 2.38. The third-order valence-electron chi connectivity index (χ3n) is 12.7. The quantitative estimate of drug-likeness (QED) is 0.0272. The van der Waals surface area contributed by atoms with Crippen LogP contribution >= 0.6 is 7.82 Å². The van der Waals surface area contributed by atoms with Crippen molar-refractivity contribution >= 4 is 13.7 Å². The van der Waals surface area contributed by atoms with E-state index in [1.54, 1.807) is 6.08 Å². The fourth-order valence-corrected chi connectivity index (χ4v) is 8.99. The van der Waals surface area contributed by atoms with Gasteiger partial charge in [-0.3, -0.25) is 9.36 Å². The van der Waals surface area contributed by atoms with Crippen molar-refractivity contribution in [2.45, 2.75) is 283 Å². The van der Waals surface area contributed by atoms with Crippen LogP contribution in [0, 0.1) is 0 Å². The van der Waals surface area contributed by atoms with Crippen LogP contribution in [0.2, 0.25) is 0 Å². The minimum absolute atomic E-state index is 0.000969. The predicted molar refractivity (Wildman–Crippen MR) is 275 cm³/mol. The highest BCUT2D eigenvalue weighted by molar-refractivity contribution is 7.45. The Morgan fingerprint density at radius 1 is 0.531 bits per heavy atom. The van der Waals surface area contributed by atoms with Crippen LogP contribution in [0.1, 0.15) is 271 Å². The third kappa shape index (κ3) is 48.9. The second kappa shape index (κ2) is 47.1. The lowest BCUT2D eigenvalue weighted by Crippen LogP contribution is -2.45. The average molecular weight is 925 g/mol. The summed E-state index contributed by atoms with van der Waals surface area (Å²) in [5.74, 6) is -0.195. The molecule has 64 heavy (non-hydrogen) atoms. The first-order valence-electron chi connectivity index (χ1n) is 27.7. The van der Waals surface area contributed by atoms with Crippen molar-refractivity contribution in [2.24, 2.45) is 0 Å². The van der Waals surface area contributed by atoms with Gasteiger partial charge in [-0.2, -0.15) is 0 Å². The zero-order valence-corrected chi connectivity index (χ0v) is 44.1. The number of nitrogens with zero attached hydrogens (tertiary/aromatic N) is 1. The first kappa shape index (κ1) is 63.0. The number of nitrogens with one attached hydrogen (secondary N) is 1. The van der Waals surface area contributed by atoms with Gasteiger partial charge in [-0.25, -0.2) is 0 Å². The number of carbonyl (C=O) groups excluding carboxylic acids is 1. The van der Waals surface area contributed by atoms with Gasteiger partial charge in [0.15, 0.2) is 0 Å². The molecule has 3 unspecified atom stereocenters. The monoisotopic (exact) mass is 925 g/mol. The van der Waals surface area contributed by atoms with E-state index in [1.165, 1.54) is 212 Å². The lowest BCUT2D eigenvalue weighted by atomic mass is 10.0. The summed E-state index contributed by atoms with van der Waals surface area (Å²) in [5.41, 5.74) is 0. The molecule has 0 fully saturated rings. The molecule has 0 bridgehead atoms. The molecule has 0 saturated heterocycles. The Hall–Kier alpha value is -1.02. The lowest BCUT2D eigenvalue weighted by molar-refractivity contribution is -0.870. The number of phosphoric ester groups is 1. The largest absolute Gasteiger partial charge is 0.756 e. The maximum atomic E-state index is 12.9. The molecule has 1 amide bonds. The van der Waals surface area contributed by atoms with Gasteiger partial charge in [0.1, 0.15) is 13.2 Å². The Labute approximate surface area is 398 Å². The smallest absolute Gasteiger partial charge is 0.268 e. The first-order chi connectivity index (χ1) is 31.0. The normalized spacial score (nSPS) is 14.2. The Bertz CT molecular complexity index is 1090. The molecule has 0 aliphatic heterocycles. The van der Waals surface area contributed by atoms with Crippen LogP contribution in [-0.2, 0) is 18.4 Å². The van der Waals surface area contributed by atoms with Gasteiger partial charge in [0.05, 0.1) is 39.9 Å². The van der Waals surface area contributed by atoms with Gasteiger partial charge in [0, 0.05) is 6.42 Å². The van der Waals surface area contributed by atoms with Crippen LogP contribution in [0.3, 0.4) is 0 Å². The van der Waals surface area contributed by atoms with Crippen molar-refractivity contribution in [1.82, 2.24) is 5.32 Å². The minimum atomic E-state index is -4.58. The van der Waals surface area contributed by atoms with Gasteiger partial charge in [-0.05, 0) is 44.9 Å². The van der Waals surface area contributed by atoms with Crippen LogP contribution in [0.4, 0.5) is 0 Å². The van der Waals surface area contributed by atoms with Crippen molar-refractivity contribution < 1.29 is 32.9 Å². The van der Waals surface area contributed by atoms with Crippen LogP contribution in [0.15, 0.2) is 24.3 Å². The summed E-state index contributed by atoms with van der Waals surface area (Å²) in [7, 11) is 1.27. The maximum absolute atomic E-state index is 12.9. The number of rotatable bonds is 51. The summed E-state index contributed by atoms with van der Waals surface area (Å²) in [5, 5.41) is 13.8. The van der Waals surface area contributed by atoms with Gasteiger partial charge in [0.25, 0.3) is 7.82 Å². The molecule has 0 spiro atoms. The number of hydrogen-bond donors (Lipinski definition) is 2. The first-order valence-corrected chi connectivity index (χ1v) is 29.2. The number of phosphoric acid groups is 1. The summed E-state index contributed by atoms with van der Waals surface area (Å²) in [6, 6.07) is -0.881. The molecule has 0 radical (unpaired) electrons. The van der Waals surface area contributed by atoms with Gasteiger partial charge in [0.2, 0.25) is 5.91 Å². The maximum Gasteiger partial charge on any atom is 0.268 e. The summed E-state index contributed by atoms with van der Waals surface area (Å²) < 4.78 is 23.2. The summed E-state index contributed by atoms with van der Waals surface area (Å²) in [4.78, 5) is 25.3. The molecule has 0 aromatic heterocycles. The zero-order valence-electron chi connectivity index (χ0n) is 43.3. The molecule has 2 N–H and O–H groups in total. The Kier molecular flexibility index (Phi) is 46.3. The van der Waals surface area contributed by atoms with Crippen molar-refractivity contribution in [1.29, 1.82) is 0 Å². The Morgan fingerprint density at radius 3 is 1.22 bits per heavy atom. The van der Waals surface area contributed by atoms with Crippen LogP contribution in [0.5, 0.6) is 0 Å². The minimum Gasteiger partial charge on any atom is -0.756 e. The summed E-state index contributed by atoms with van der Waals surface area (Å²) in [6.07, 6.45) is 58.5. The molecule has 0 aliphatic carbocycles. The van der Waals surface area contributed by atoms with Crippen molar-refractivity contribution in [2.75, 3.05) is 40.9 Å². The fourth-order valence-electron chi connectivity index (χ4n) is 8.27. The van der Waals surface area contributed by atoms with E-state index >= 15 is 0 Å². The van der Waals surface area contributed by atoms with E-state index in [1.807, 2.05) is 27.2 Å². The second-order valence-corrected chi connectivity index (χ2v) is 21.7. The van der Waals surface area contributed by atoms with Crippen molar-refractivity contribution in [3.8, 4) is 0 Å². The number of allylic oxidation sites excluding steroid dienone is 3. The predicted octanol–water partition coefficient (Wildman–Crippen LogP) is 15.8. The molecule has 8 nitrogen and oxygen atoms in total. The molecule has 0 aromatic carbocycles. The summed E-state index contributed by atoms with van der Waals surface area (Å²) >= 11 is 0. The zero-order chi connectivity index (χ0) is 47.1. The molecule has 0 aromatic rings. The molecule has 0 rings (SSSR count). The van der Waals surface area contributed by atoms with Gasteiger partial charge in [-0.1, -0.05) is 244 Å². The molecular weight excluding hydrogens is 816 g/mol. The number of carbonyl (C=O) groups is 1. The van der Waals surface area contributed by atoms with E-state index in [9.17, 15) is 19.4 Å². The van der Waals surface area contributed by atoms with E-state index in [0.717, 1.165) is 38.5 Å². The van der Waals surface area contributed by atoms with Crippen LogP contribution in [-0.4, -0.2) is 68.5 Å². The number of hydrogen-bond acceptors (Lipinski definition) is 6. The van der Waals surface area contributed by atoms with Gasteiger partial charge < -0.3 is 28.8 Å². The topological polar surface area (TPSA) is 108 Å². The molecule has 0 heterocycles. The van der Waals surface area contributed by atoms with Crippen LogP contribution < -0.4 is 10.2 Å². The molecular formula is C55H109N2O6P. The molecule has 0 saturated carbocycles. The number of aliphatic hydroxyl groups is 1. The van der Waals surface area contributed by atoms with E-state index < -0.39 is 20.0 Å². The van der Waals surface area contributed by atoms with E-state index in [4.69, 9.17) is 9.05 Å². The number of likely N-dealkylation sites (N-methyl/N-ethyl adjacent to an activating group) is 1. The van der Waals surface area contributed by atoms with E-state index in [0.29, 0.717) is 17.4 Å². The standard InChI is InChI=1S/C55H109N2O6P/c1-6-8-10-12-14-16-17-18-19-20-21-22-23-24-25-26-27-28-29-30-31-32-33-34-35-36-37-38-39-41-43-45-47-49-55(59)56-53(52-63-64(60,61)62-51-50-57(3,4)5)54(58)48-46-44-42-40-15-13-11-9-7-2/h20-21,46,48,53-54,58H,6-19,22-45,47,49-52H2,1-5H3,(H-,56,59,60,61)/b21-20-,48-46+. The fraction of sp³-hybridized carbons (Fsp3) is 0.909. The van der Waals surface area contributed by atoms with Crippen molar-refractivity contribution in [3.63, 3.8) is 0 Å². The van der Waals surface area contributed by atoms with Gasteiger partial charge in [-0.15, -0.1) is 0 Å². The molecule has 380 valence electrons. The summed E-state index contributed by atoms with van der Waals surface area (Å²) in [6.45, 7) is 4.64. The Balaban J connectivity index is 3.89. The van der Waals surface area contributed by atoms with E-state index in [-0.39, 0.29) is 19.1 Å². The van der Waals surface area contributed by atoms with Crippen molar-refractivity contribution in [3.05, 3.63) is 24.3 Å². The third-order valence-corrected chi connectivity index (χ3v) is 13.6. The highest BCUT2D eigenvalue weighted by Gasteiger charge is 2.23. The second-order valence-electron chi connectivity index (χ2n) is 20.3. The van der Waals surface area contributed by atoms with Crippen LogP contribution in [0.25, 0.3) is 0 Å². The Morgan fingerprint density at radius 2 is 0.859 bits per heavy atom. The number of aliphatic hydroxyl groups excluding tert-OH is 1. The SMILES string of the molecule is CCCCCCCCC/C=C/C(O)C(COP(=O)([O-])OCC[N+](C)(C)C)NC(=O)CCCCCCCCCCCCCCCCCCCCCCC/C=C\CCCCCCCCCC. The lowest BCUT2D eigenvalue weighted by Gasteiger charge is -2.29. The number of amides is 1.